The Bertz CT molecular complexity index is 635. The molecule has 2 aromatic rings. The molecule has 0 fully saturated rings. The van der Waals surface area contributed by atoms with Crippen LogP contribution in [-0.4, -0.2) is 31.9 Å². The summed E-state index contributed by atoms with van der Waals surface area (Å²) in [6, 6.07) is 14.6. The van der Waals surface area contributed by atoms with E-state index in [-0.39, 0.29) is 0 Å². The van der Waals surface area contributed by atoms with Crippen LogP contribution >= 0.6 is 0 Å². The Hall–Kier alpha value is -2.29. The van der Waals surface area contributed by atoms with E-state index in [0.29, 0.717) is 0 Å². The molecule has 116 valence electrons. The Balaban J connectivity index is 2.35. The maximum Gasteiger partial charge on any atom is 0.121 e. The smallest absolute Gasteiger partial charge is 0.121 e. The Labute approximate surface area is 133 Å². The first-order valence-corrected chi connectivity index (χ1v) is 7.60. The quantitative estimate of drug-likeness (QED) is 0.589. The molecule has 0 amide bonds. The molecule has 0 bridgehead atoms. The van der Waals surface area contributed by atoms with Crippen LogP contribution in [0.25, 0.3) is 0 Å². The molecular formula is C19H24N2O. The van der Waals surface area contributed by atoms with E-state index < -0.39 is 0 Å². The van der Waals surface area contributed by atoms with Crippen molar-refractivity contribution < 1.29 is 4.74 Å². The van der Waals surface area contributed by atoms with Gasteiger partial charge in [0, 0.05) is 19.7 Å². The first-order valence-electron chi connectivity index (χ1n) is 7.60. The molecule has 0 spiro atoms. The van der Waals surface area contributed by atoms with Crippen LogP contribution in [0.2, 0.25) is 0 Å². The highest BCUT2D eigenvalue weighted by Gasteiger charge is 2.08. The van der Waals surface area contributed by atoms with Gasteiger partial charge in [0.25, 0.3) is 0 Å². The fourth-order valence-electron chi connectivity index (χ4n) is 2.22. The normalized spacial score (nSPS) is 10.9. The third-order valence-electron chi connectivity index (χ3n) is 3.83. The lowest BCUT2D eigenvalue weighted by atomic mass is 9.99. The van der Waals surface area contributed by atoms with E-state index in [2.05, 4.69) is 54.1 Å². The molecule has 0 aliphatic heterocycles. The lowest BCUT2D eigenvalue weighted by Gasteiger charge is -2.13. The molecule has 0 heterocycles. The summed E-state index contributed by atoms with van der Waals surface area (Å²) in [4.78, 5) is 6.66. The van der Waals surface area contributed by atoms with E-state index in [0.717, 1.165) is 24.4 Å². The third-order valence-corrected chi connectivity index (χ3v) is 3.83. The Morgan fingerprint density at radius 3 is 2.55 bits per heavy atom. The summed E-state index contributed by atoms with van der Waals surface area (Å²) >= 11 is 0. The average Bonchev–Trinajstić information content (AvgIpc) is 2.56. The van der Waals surface area contributed by atoms with Gasteiger partial charge >= 0.3 is 0 Å². The number of ether oxygens (including phenoxy) is 1. The van der Waals surface area contributed by atoms with Crippen LogP contribution in [-0.2, 0) is 6.42 Å². The highest BCUT2D eigenvalue weighted by Crippen LogP contribution is 2.29. The molecule has 0 radical (unpaired) electrons. The lowest BCUT2D eigenvalue weighted by Crippen LogP contribution is -2.14. The monoisotopic (exact) mass is 296 g/mol. The van der Waals surface area contributed by atoms with Crippen molar-refractivity contribution in [2.75, 3.05) is 20.7 Å². The van der Waals surface area contributed by atoms with Crippen LogP contribution < -0.4 is 4.74 Å². The van der Waals surface area contributed by atoms with Crippen molar-refractivity contribution in [2.24, 2.45) is 4.99 Å². The second kappa shape index (κ2) is 7.64. The van der Waals surface area contributed by atoms with E-state index >= 15 is 0 Å². The van der Waals surface area contributed by atoms with Gasteiger partial charge in [-0.1, -0.05) is 30.3 Å². The minimum atomic E-state index is 0.850. The maximum absolute atomic E-state index is 5.43. The molecule has 2 rings (SSSR count). The Kier molecular flexibility index (Phi) is 5.59. The summed E-state index contributed by atoms with van der Waals surface area (Å²) < 4.78 is 5.43. The molecule has 0 atom stereocenters. The predicted molar refractivity (Wildman–Crippen MR) is 93.4 cm³/mol. The van der Waals surface area contributed by atoms with Crippen LogP contribution in [0.1, 0.15) is 23.6 Å². The Morgan fingerprint density at radius 1 is 1.18 bits per heavy atom. The number of hydrogen-bond donors (Lipinski definition) is 0. The first kappa shape index (κ1) is 16.1. The second-order valence-corrected chi connectivity index (χ2v) is 5.41. The molecule has 0 unspecified atom stereocenters. The fourth-order valence-corrected chi connectivity index (χ4v) is 2.22. The molecular weight excluding hydrogens is 272 g/mol. The fraction of sp³-hybridized carbons (Fsp3) is 0.316. The summed E-state index contributed by atoms with van der Waals surface area (Å²) in [6.07, 6.45) is 2.75. The van der Waals surface area contributed by atoms with Crippen molar-refractivity contribution >= 4 is 12.0 Å². The van der Waals surface area contributed by atoms with Crippen molar-refractivity contribution in [3.63, 3.8) is 0 Å². The number of benzene rings is 2. The minimum absolute atomic E-state index is 0.850. The number of rotatable bonds is 6. The van der Waals surface area contributed by atoms with Crippen LogP contribution in [0.15, 0.2) is 47.5 Å². The van der Waals surface area contributed by atoms with Crippen LogP contribution in [0.4, 0.5) is 5.69 Å². The Morgan fingerprint density at radius 2 is 1.91 bits per heavy atom. The van der Waals surface area contributed by atoms with Gasteiger partial charge in [0.2, 0.25) is 0 Å². The molecule has 22 heavy (non-hydrogen) atoms. The van der Waals surface area contributed by atoms with E-state index in [9.17, 15) is 0 Å². The predicted octanol–water partition coefficient (Wildman–Crippen LogP) is 4.21. The van der Waals surface area contributed by atoms with Gasteiger partial charge in [0.15, 0.2) is 0 Å². The SMILES string of the molecule is CCN(C)/C=N\c1cc(OC)cc(Cc2ccccc2)c1C. The van der Waals surface area contributed by atoms with Crippen LogP contribution in [0.3, 0.4) is 0 Å². The highest BCUT2D eigenvalue weighted by molar-refractivity contribution is 5.65. The number of hydrogen-bond acceptors (Lipinski definition) is 2. The van der Waals surface area contributed by atoms with Gasteiger partial charge < -0.3 is 9.64 Å². The third kappa shape index (κ3) is 4.10. The van der Waals surface area contributed by atoms with Crippen molar-refractivity contribution in [2.45, 2.75) is 20.3 Å². The zero-order valence-corrected chi connectivity index (χ0v) is 13.8. The van der Waals surface area contributed by atoms with Crippen molar-refractivity contribution in [3.8, 4) is 5.75 Å². The topological polar surface area (TPSA) is 24.8 Å². The molecule has 0 N–H and O–H groups in total. The van der Waals surface area contributed by atoms with Crippen LogP contribution in [0, 0.1) is 6.92 Å². The molecule has 3 heteroatoms. The number of nitrogens with zero attached hydrogens (tertiary/aromatic N) is 2. The zero-order chi connectivity index (χ0) is 15.9. The first-order chi connectivity index (χ1) is 10.6. The highest BCUT2D eigenvalue weighted by atomic mass is 16.5. The molecule has 0 saturated carbocycles. The zero-order valence-electron chi connectivity index (χ0n) is 13.8. The average molecular weight is 296 g/mol. The summed E-state index contributed by atoms with van der Waals surface area (Å²) in [6.45, 7) is 5.16. The standard InChI is InChI=1S/C19H24N2O/c1-5-21(3)14-20-19-13-18(22-4)12-17(15(19)2)11-16-9-7-6-8-10-16/h6-10,12-14H,5,11H2,1-4H3/b20-14-. The van der Waals surface area contributed by atoms with Gasteiger partial charge in [-0.15, -0.1) is 0 Å². The van der Waals surface area contributed by atoms with E-state index in [1.165, 1.54) is 16.7 Å². The maximum atomic E-state index is 5.43. The van der Waals surface area contributed by atoms with E-state index in [1.807, 2.05) is 25.5 Å². The minimum Gasteiger partial charge on any atom is -0.497 e. The van der Waals surface area contributed by atoms with Gasteiger partial charge in [-0.3, -0.25) is 0 Å². The number of methoxy groups -OCH3 is 1. The summed E-state index contributed by atoms with van der Waals surface area (Å²) in [7, 11) is 3.71. The van der Waals surface area contributed by atoms with Gasteiger partial charge in [0.05, 0.1) is 19.1 Å². The van der Waals surface area contributed by atoms with E-state index in [1.54, 1.807) is 7.11 Å². The van der Waals surface area contributed by atoms with Gasteiger partial charge in [0.1, 0.15) is 5.75 Å². The van der Waals surface area contributed by atoms with Gasteiger partial charge in [-0.2, -0.15) is 0 Å². The van der Waals surface area contributed by atoms with Crippen molar-refractivity contribution in [1.82, 2.24) is 4.90 Å². The van der Waals surface area contributed by atoms with Gasteiger partial charge in [-0.05, 0) is 43.0 Å². The molecule has 3 nitrogen and oxygen atoms in total. The molecule has 0 aliphatic rings. The number of aliphatic imine (C=N–C) groups is 1. The summed E-state index contributed by atoms with van der Waals surface area (Å²) in [5.41, 5.74) is 4.70. The molecule has 2 aromatic carbocycles. The summed E-state index contributed by atoms with van der Waals surface area (Å²) in [5, 5.41) is 0. The molecule has 0 aromatic heterocycles. The van der Waals surface area contributed by atoms with Crippen molar-refractivity contribution in [1.29, 1.82) is 0 Å². The molecule has 0 saturated heterocycles. The van der Waals surface area contributed by atoms with Gasteiger partial charge in [-0.25, -0.2) is 4.99 Å². The largest absolute Gasteiger partial charge is 0.497 e. The lowest BCUT2D eigenvalue weighted by molar-refractivity contribution is 0.414. The van der Waals surface area contributed by atoms with E-state index in [4.69, 9.17) is 4.74 Å². The van der Waals surface area contributed by atoms with Crippen LogP contribution in [0.5, 0.6) is 5.75 Å². The van der Waals surface area contributed by atoms with Crippen molar-refractivity contribution in [3.05, 3.63) is 59.2 Å². The summed E-state index contributed by atoms with van der Waals surface area (Å²) in [5.74, 6) is 0.850. The molecule has 0 aliphatic carbocycles. The second-order valence-electron chi connectivity index (χ2n) is 5.41.